The molecule has 1 aromatic carbocycles. The molecule has 1 aromatic rings. The molecule has 0 unspecified atom stereocenters. The summed E-state index contributed by atoms with van der Waals surface area (Å²) in [6.07, 6.45) is 0.289. The van der Waals surface area contributed by atoms with Crippen LogP contribution in [0.2, 0.25) is 0 Å². The Morgan fingerprint density at radius 2 is 2.00 bits per heavy atom. The van der Waals surface area contributed by atoms with Crippen LogP contribution in [0.4, 0.5) is 0 Å². The standard InChI is InChI=1S/C11H14O3S/c1-13-10-4-2-9(3-5-10)8-11(12)14-6-7-15/h2-5,15H,6-8H2,1H3. The summed E-state index contributed by atoms with van der Waals surface area (Å²) in [7, 11) is 1.61. The van der Waals surface area contributed by atoms with Gasteiger partial charge in [-0.1, -0.05) is 12.1 Å². The molecule has 0 saturated heterocycles. The first kappa shape index (κ1) is 11.9. The number of hydrogen-bond donors (Lipinski definition) is 1. The van der Waals surface area contributed by atoms with Gasteiger partial charge in [-0.25, -0.2) is 0 Å². The van der Waals surface area contributed by atoms with Gasteiger partial charge in [0.1, 0.15) is 12.4 Å². The lowest BCUT2D eigenvalue weighted by Crippen LogP contribution is -2.09. The zero-order valence-electron chi connectivity index (χ0n) is 8.60. The third-order valence-corrected chi connectivity index (χ3v) is 2.04. The highest BCUT2D eigenvalue weighted by atomic mass is 32.1. The minimum Gasteiger partial charge on any atom is -0.497 e. The number of methoxy groups -OCH3 is 1. The van der Waals surface area contributed by atoms with E-state index in [1.54, 1.807) is 7.11 Å². The molecule has 4 heteroatoms. The molecule has 0 aliphatic heterocycles. The number of carbonyl (C=O) groups excluding carboxylic acids is 1. The first-order chi connectivity index (χ1) is 7.26. The van der Waals surface area contributed by atoms with E-state index in [1.165, 1.54) is 0 Å². The number of carbonyl (C=O) groups is 1. The molecule has 0 radical (unpaired) electrons. The quantitative estimate of drug-likeness (QED) is 0.613. The second kappa shape index (κ2) is 6.35. The van der Waals surface area contributed by atoms with Crippen LogP contribution < -0.4 is 4.74 Å². The first-order valence-electron chi connectivity index (χ1n) is 4.65. The lowest BCUT2D eigenvalue weighted by Gasteiger charge is -2.04. The monoisotopic (exact) mass is 226 g/mol. The number of rotatable bonds is 5. The number of benzene rings is 1. The molecule has 0 aliphatic carbocycles. The predicted octanol–water partition coefficient (Wildman–Crippen LogP) is 1.71. The number of ether oxygens (including phenoxy) is 2. The van der Waals surface area contributed by atoms with Crippen LogP contribution in [0.1, 0.15) is 5.56 Å². The average molecular weight is 226 g/mol. The van der Waals surface area contributed by atoms with Crippen LogP contribution in [0, 0.1) is 0 Å². The smallest absolute Gasteiger partial charge is 0.310 e. The van der Waals surface area contributed by atoms with Gasteiger partial charge >= 0.3 is 5.97 Å². The fourth-order valence-electron chi connectivity index (χ4n) is 1.12. The molecule has 0 fully saturated rings. The van der Waals surface area contributed by atoms with E-state index in [0.29, 0.717) is 12.4 Å². The summed E-state index contributed by atoms with van der Waals surface area (Å²) in [6, 6.07) is 7.34. The average Bonchev–Trinajstić information content (AvgIpc) is 2.27. The van der Waals surface area contributed by atoms with E-state index in [1.807, 2.05) is 24.3 Å². The van der Waals surface area contributed by atoms with E-state index in [9.17, 15) is 4.79 Å². The van der Waals surface area contributed by atoms with Crippen molar-refractivity contribution in [3.8, 4) is 5.75 Å². The minimum absolute atomic E-state index is 0.228. The Bertz CT molecular complexity index is 308. The molecule has 0 aliphatic rings. The molecule has 0 aromatic heterocycles. The largest absolute Gasteiger partial charge is 0.497 e. The summed E-state index contributed by atoms with van der Waals surface area (Å²) >= 11 is 3.95. The van der Waals surface area contributed by atoms with Gasteiger partial charge < -0.3 is 9.47 Å². The second-order valence-corrected chi connectivity index (χ2v) is 3.42. The van der Waals surface area contributed by atoms with E-state index in [0.717, 1.165) is 11.3 Å². The van der Waals surface area contributed by atoms with Crippen molar-refractivity contribution in [3.63, 3.8) is 0 Å². The van der Waals surface area contributed by atoms with Crippen molar-refractivity contribution in [1.82, 2.24) is 0 Å². The van der Waals surface area contributed by atoms with Gasteiger partial charge in [0.25, 0.3) is 0 Å². The summed E-state index contributed by atoms with van der Waals surface area (Å²) in [5.74, 6) is 1.10. The van der Waals surface area contributed by atoms with Crippen LogP contribution in [0.3, 0.4) is 0 Å². The highest BCUT2D eigenvalue weighted by Gasteiger charge is 2.04. The molecular formula is C11H14O3S. The topological polar surface area (TPSA) is 35.5 Å². The predicted molar refractivity (Wildman–Crippen MR) is 61.5 cm³/mol. The highest BCUT2D eigenvalue weighted by molar-refractivity contribution is 7.80. The Hall–Kier alpha value is -1.16. The maximum absolute atomic E-state index is 11.2. The number of thiol groups is 1. The van der Waals surface area contributed by atoms with Crippen molar-refractivity contribution >= 4 is 18.6 Å². The van der Waals surface area contributed by atoms with E-state index < -0.39 is 0 Å². The SMILES string of the molecule is COc1ccc(CC(=O)OCCS)cc1. The van der Waals surface area contributed by atoms with Crippen LogP contribution in [-0.2, 0) is 16.0 Å². The Balaban J connectivity index is 2.46. The molecule has 0 heterocycles. The molecule has 82 valence electrons. The second-order valence-electron chi connectivity index (χ2n) is 2.97. The van der Waals surface area contributed by atoms with Crippen molar-refractivity contribution in [1.29, 1.82) is 0 Å². The maximum Gasteiger partial charge on any atom is 0.310 e. The third kappa shape index (κ3) is 4.25. The maximum atomic E-state index is 11.2. The van der Waals surface area contributed by atoms with Gasteiger partial charge in [-0.3, -0.25) is 4.79 Å². The summed E-state index contributed by atoms with van der Waals surface area (Å²) in [5, 5.41) is 0. The molecule has 1 rings (SSSR count). The first-order valence-corrected chi connectivity index (χ1v) is 5.29. The van der Waals surface area contributed by atoms with Crippen LogP contribution in [-0.4, -0.2) is 25.4 Å². The van der Waals surface area contributed by atoms with Gasteiger partial charge in [-0.2, -0.15) is 12.6 Å². The van der Waals surface area contributed by atoms with Crippen molar-refractivity contribution in [3.05, 3.63) is 29.8 Å². The molecule has 0 N–H and O–H groups in total. The van der Waals surface area contributed by atoms with Crippen molar-refractivity contribution in [2.75, 3.05) is 19.5 Å². The van der Waals surface area contributed by atoms with Crippen molar-refractivity contribution < 1.29 is 14.3 Å². The molecule has 0 spiro atoms. The summed E-state index contributed by atoms with van der Waals surface area (Å²) in [4.78, 5) is 11.2. The zero-order chi connectivity index (χ0) is 11.1. The molecule has 15 heavy (non-hydrogen) atoms. The van der Waals surface area contributed by atoms with Gasteiger partial charge in [0.15, 0.2) is 0 Å². The lowest BCUT2D eigenvalue weighted by atomic mass is 10.1. The Kier molecular flexibility index (Phi) is 5.04. The van der Waals surface area contributed by atoms with Gasteiger partial charge in [0.05, 0.1) is 13.5 Å². The van der Waals surface area contributed by atoms with Crippen LogP contribution in [0.15, 0.2) is 24.3 Å². The lowest BCUT2D eigenvalue weighted by molar-refractivity contribution is -0.142. The van der Waals surface area contributed by atoms with Gasteiger partial charge in [0.2, 0.25) is 0 Å². The summed E-state index contributed by atoms with van der Waals surface area (Å²) < 4.78 is 9.92. The summed E-state index contributed by atoms with van der Waals surface area (Å²) in [5.41, 5.74) is 0.917. The number of esters is 1. The van der Waals surface area contributed by atoms with Crippen molar-refractivity contribution in [2.45, 2.75) is 6.42 Å². The molecular weight excluding hydrogens is 212 g/mol. The van der Waals surface area contributed by atoms with Crippen molar-refractivity contribution in [2.24, 2.45) is 0 Å². The molecule has 3 nitrogen and oxygen atoms in total. The van der Waals surface area contributed by atoms with Crippen LogP contribution >= 0.6 is 12.6 Å². The van der Waals surface area contributed by atoms with Crippen LogP contribution in [0.25, 0.3) is 0 Å². The number of hydrogen-bond acceptors (Lipinski definition) is 4. The van der Waals surface area contributed by atoms with E-state index in [4.69, 9.17) is 9.47 Å². The fourth-order valence-corrected chi connectivity index (χ4v) is 1.21. The van der Waals surface area contributed by atoms with Gasteiger partial charge in [-0.05, 0) is 17.7 Å². The Labute approximate surface area is 94.8 Å². The minimum atomic E-state index is -0.228. The third-order valence-electron chi connectivity index (χ3n) is 1.86. The van der Waals surface area contributed by atoms with Crippen LogP contribution in [0.5, 0.6) is 5.75 Å². The normalized spacial score (nSPS) is 9.73. The zero-order valence-corrected chi connectivity index (χ0v) is 9.50. The van der Waals surface area contributed by atoms with Gasteiger partial charge in [-0.15, -0.1) is 0 Å². The molecule has 0 amide bonds. The molecule has 0 atom stereocenters. The fraction of sp³-hybridized carbons (Fsp3) is 0.364. The van der Waals surface area contributed by atoms with E-state index in [2.05, 4.69) is 12.6 Å². The van der Waals surface area contributed by atoms with E-state index >= 15 is 0 Å². The van der Waals surface area contributed by atoms with Gasteiger partial charge in [0, 0.05) is 5.75 Å². The van der Waals surface area contributed by atoms with E-state index in [-0.39, 0.29) is 12.4 Å². The highest BCUT2D eigenvalue weighted by Crippen LogP contribution is 2.11. The Morgan fingerprint density at radius 3 is 2.53 bits per heavy atom. The summed E-state index contributed by atoms with van der Waals surface area (Å²) in [6.45, 7) is 0.359. The Morgan fingerprint density at radius 1 is 1.33 bits per heavy atom. The molecule has 0 bridgehead atoms. The molecule has 0 saturated carbocycles.